The number of carbonyl (C=O) groups is 1. The predicted molar refractivity (Wildman–Crippen MR) is 81.8 cm³/mol. The zero-order valence-electron chi connectivity index (χ0n) is 12.9. The van der Waals surface area contributed by atoms with E-state index in [0.29, 0.717) is 17.7 Å². The summed E-state index contributed by atoms with van der Waals surface area (Å²) < 4.78 is 4.72. The van der Waals surface area contributed by atoms with Gasteiger partial charge in [0.2, 0.25) is 0 Å². The maximum Gasteiger partial charge on any atom is 0.356 e. The molecule has 1 aromatic heterocycles. The number of pyridine rings is 1. The molecule has 2 unspecified atom stereocenters. The van der Waals surface area contributed by atoms with Crippen molar-refractivity contribution in [3.05, 3.63) is 29.6 Å². The second kappa shape index (κ2) is 7.52. The lowest BCUT2D eigenvalue weighted by molar-refractivity contribution is 0.0593. The van der Waals surface area contributed by atoms with E-state index in [1.54, 1.807) is 6.07 Å². The lowest BCUT2D eigenvalue weighted by atomic mass is 9.83. The minimum atomic E-state index is -0.392. The second-order valence-electron chi connectivity index (χ2n) is 5.77. The van der Waals surface area contributed by atoms with Crippen LogP contribution >= 0.6 is 0 Å². The Morgan fingerprint density at radius 3 is 2.90 bits per heavy atom. The third-order valence-corrected chi connectivity index (χ3v) is 4.35. The summed E-state index contributed by atoms with van der Waals surface area (Å²) in [5, 5.41) is 0. The summed E-state index contributed by atoms with van der Waals surface area (Å²) in [7, 11) is 3.49. The topological polar surface area (TPSA) is 68.5 Å². The molecule has 0 amide bonds. The Kier molecular flexibility index (Phi) is 5.70. The van der Waals surface area contributed by atoms with Gasteiger partial charge in [-0.2, -0.15) is 0 Å². The molecule has 0 saturated heterocycles. The highest BCUT2D eigenvalue weighted by Crippen LogP contribution is 2.27. The fourth-order valence-corrected chi connectivity index (χ4v) is 3.20. The van der Waals surface area contributed by atoms with Gasteiger partial charge in [-0.15, -0.1) is 0 Å². The number of methoxy groups -OCH3 is 1. The third kappa shape index (κ3) is 4.02. The molecule has 0 radical (unpaired) electrons. The van der Waals surface area contributed by atoms with Gasteiger partial charge in [0.25, 0.3) is 0 Å². The van der Waals surface area contributed by atoms with Crippen LogP contribution in [-0.2, 0) is 11.3 Å². The van der Waals surface area contributed by atoms with Gasteiger partial charge in [-0.1, -0.05) is 18.9 Å². The van der Waals surface area contributed by atoms with Gasteiger partial charge < -0.3 is 10.5 Å². The molecule has 1 fully saturated rings. The maximum absolute atomic E-state index is 11.5. The van der Waals surface area contributed by atoms with Crippen LogP contribution in [-0.4, -0.2) is 42.6 Å². The highest BCUT2D eigenvalue weighted by atomic mass is 16.5. The van der Waals surface area contributed by atoms with E-state index in [2.05, 4.69) is 16.9 Å². The summed E-state index contributed by atoms with van der Waals surface area (Å²) in [5.41, 5.74) is 7.16. The predicted octanol–water partition coefficient (Wildman–Crippen LogP) is 1.82. The van der Waals surface area contributed by atoms with E-state index in [9.17, 15) is 4.79 Å². The minimum absolute atomic E-state index is 0.363. The van der Waals surface area contributed by atoms with Crippen molar-refractivity contribution in [1.82, 2.24) is 9.88 Å². The molecule has 1 saturated carbocycles. The van der Waals surface area contributed by atoms with Crippen LogP contribution in [0.25, 0.3) is 0 Å². The van der Waals surface area contributed by atoms with E-state index < -0.39 is 5.97 Å². The maximum atomic E-state index is 11.5. The van der Waals surface area contributed by atoms with Crippen molar-refractivity contribution in [1.29, 1.82) is 0 Å². The molecule has 116 valence electrons. The molecule has 0 spiro atoms. The standard InChI is InChI=1S/C16H25N3O2/c1-19(15-9-4-3-6-12(15)10-17)11-13-7-5-8-14(18-13)16(20)21-2/h5,7-8,12,15H,3-4,6,9-11,17H2,1-2H3. The molecule has 0 aromatic carbocycles. The molecule has 0 bridgehead atoms. The van der Waals surface area contributed by atoms with Gasteiger partial charge in [0.15, 0.2) is 0 Å². The van der Waals surface area contributed by atoms with Crippen molar-refractivity contribution in [2.45, 2.75) is 38.3 Å². The van der Waals surface area contributed by atoms with Gasteiger partial charge in [-0.05, 0) is 44.5 Å². The molecule has 5 nitrogen and oxygen atoms in total. The Balaban J connectivity index is 2.04. The SMILES string of the molecule is COC(=O)c1cccc(CN(C)C2CCCCC2CN)n1. The largest absolute Gasteiger partial charge is 0.464 e. The molecule has 1 aliphatic rings. The molecule has 2 N–H and O–H groups in total. The summed E-state index contributed by atoms with van der Waals surface area (Å²) >= 11 is 0. The van der Waals surface area contributed by atoms with E-state index in [4.69, 9.17) is 10.5 Å². The highest BCUT2D eigenvalue weighted by molar-refractivity contribution is 5.87. The lowest BCUT2D eigenvalue weighted by Gasteiger charge is -2.37. The van der Waals surface area contributed by atoms with Crippen molar-refractivity contribution < 1.29 is 9.53 Å². The van der Waals surface area contributed by atoms with E-state index in [0.717, 1.165) is 18.8 Å². The fraction of sp³-hybridized carbons (Fsp3) is 0.625. The molecule has 1 aliphatic carbocycles. The molecule has 1 heterocycles. The first-order valence-electron chi connectivity index (χ1n) is 7.60. The third-order valence-electron chi connectivity index (χ3n) is 4.35. The smallest absolute Gasteiger partial charge is 0.356 e. The quantitative estimate of drug-likeness (QED) is 0.838. The zero-order valence-corrected chi connectivity index (χ0v) is 12.9. The molecular formula is C16H25N3O2. The van der Waals surface area contributed by atoms with Crippen LogP contribution in [0.1, 0.15) is 41.9 Å². The highest BCUT2D eigenvalue weighted by Gasteiger charge is 2.27. The average molecular weight is 291 g/mol. The van der Waals surface area contributed by atoms with Crippen LogP contribution in [0.2, 0.25) is 0 Å². The van der Waals surface area contributed by atoms with E-state index in [1.165, 1.54) is 32.8 Å². The van der Waals surface area contributed by atoms with Gasteiger partial charge in [0, 0.05) is 12.6 Å². The molecular weight excluding hydrogens is 266 g/mol. The Hall–Kier alpha value is -1.46. The van der Waals surface area contributed by atoms with E-state index >= 15 is 0 Å². The summed E-state index contributed by atoms with van der Waals surface area (Å²) in [6.45, 7) is 1.47. The van der Waals surface area contributed by atoms with Crippen molar-refractivity contribution >= 4 is 5.97 Å². The average Bonchev–Trinajstić information content (AvgIpc) is 2.54. The Morgan fingerprint density at radius 2 is 2.19 bits per heavy atom. The number of nitrogens with zero attached hydrogens (tertiary/aromatic N) is 2. The number of rotatable bonds is 5. The number of aromatic nitrogens is 1. The van der Waals surface area contributed by atoms with Crippen LogP contribution in [0, 0.1) is 5.92 Å². The molecule has 0 aliphatic heterocycles. The normalized spacial score (nSPS) is 22.3. The van der Waals surface area contributed by atoms with Gasteiger partial charge in [-0.25, -0.2) is 9.78 Å². The summed E-state index contributed by atoms with van der Waals surface area (Å²) in [6, 6.07) is 5.98. The first-order chi connectivity index (χ1) is 10.2. The first-order valence-corrected chi connectivity index (χ1v) is 7.60. The lowest BCUT2D eigenvalue weighted by Crippen LogP contribution is -2.42. The minimum Gasteiger partial charge on any atom is -0.464 e. The zero-order chi connectivity index (χ0) is 15.2. The van der Waals surface area contributed by atoms with Crippen LogP contribution in [0.4, 0.5) is 0 Å². The number of esters is 1. The van der Waals surface area contributed by atoms with Crippen LogP contribution in [0.15, 0.2) is 18.2 Å². The molecule has 1 aromatic rings. The van der Waals surface area contributed by atoms with Crippen molar-refractivity contribution in [3.63, 3.8) is 0 Å². The molecule has 21 heavy (non-hydrogen) atoms. The van der Waals surface area contributed by atoms with Crippen LogP contribution in [0.3, 0.4) is 0 Å². The summed E-state index contributed by atoms with van der Waals surface area (Å²) in [6.07, 6.45) is 4.94. The van der Waals surface area contributed by atoms with Gasteiger partial charge >= 0.3 is 5.97 Å². The molecule has 5 heteroatoms. The number of hydrogen-bond donors (Lipinski definition) is 1. The van der Waals surface area contributed by atoms with Gasteiger partial charge in [0.05, 0.1) is 12.8 Å². The Labute approximate surface area is 126 Å². The van der Waals surface area contributed by atoms with Crippen molar-refractivity contribution in [3.8, 4) is 0 Å². The Morgan fingerprint density at radius 1 is 1.43 bits per heavy atom. The van der Waals surface area contributed by atoms with Crippen LogP contribution in [0.5, 0.6) is 0 Å². The number of carbonyl (C=O) groups excluding carboxylic acids is 1. The first kappa shape index (κ1) is 15.9. The van der Waals surface area contributed by atoms with E-state index in [1.807, 2.05) is 12.1 Å². The molecule has 2 rings (SSSR count). The van der Waals surface area contributed by atoms with Gasteiger partial charge in [-0.3, -0.25) is 4.90 Å². The summed E-state index contributed by atoms with van der Waals surface area (Å²) in [4.78, 5) is 18.2. The van der Waals surface area contributed by atoms with E-state index in [-0.39, 0.29) is 0 Å². The molecule has 2 atom stereocenters. The van der Waals surface area contributed by atoms with Crippen LogP contribution < -0.4 is 5.73 Å². The Bertz CT molecular complexity index is 478. The van der Waals surface area contributed by atoms with Crippen molar-refractivity contribution in [2.75, 3.05) is 20.7 Å². The van der Waals surface area contributed by atoms with Gasteiger partial charge in [0.1, 0.15) is 5.69 Å². The number of hydrogen-bond acceptors (Lipinski definition) is 5. The number of nitrogens with two attached hydrogens (primary N) is 1. The second-order valence-corrected chi connectivity index (χ2v) is 5.77. The number of ether oxygens (including phenoxy) is 1. The summed E-state index contributed by atoms with van der Waals surface area (Å²) in [5.74, 6) is 0.171. The monoisotopic (exact) mass is 291 g/mol. The van der Waals surface area contributed by atoms with Crippen molar-refractivity contribution in [2.24, 2.45) is 11.7 Å². The fourth-order valence-electron chi connectivity index (χ4n) is 3.20.